The third-order valence-corrected chi connectivity index (χ3v) is 8.36. The van der Waals surface area contributed by atoms with Crippen LogP contribution in [0.15, 0.2) is 42.6 Å². The van der Waals surface area contributed by atoms with Crippen LogP contribution in [0.3, 0.4) is 0 Å². The van der Waals surface area contributed by atoms with Gasteiger partial charge in [-0.15, -0.1) is 0 Å². The van der Waals surface area contributed by atoms with Gasteiger partial charge in [0.05, 0.1) is 34.5 Å². The number of carbonyl (C=O) groups is 2. The van der Waals surface area contributed by atoms with E-state index in [4.69, 9.17) is 39.5 Å². The molecule has 2 aliphatic heterocycles. The lowest BCUT2D eigenvalue weighted by atomic mass is 9.92. The van der Waals surface area contributed by atoms with Gasteiger partial charge in [0.1, 0.15) is 5.82 Å². The minimum atomic E-state index is -0.486. The van der Waals surface area contributed by atoms with Gasteiger partial charge in [-0.25, -0.2) is 4.39 Å². The number of rotatable bonds is 7. The van der Waals surface area contributed by atoms with Gasteiger partial charge in [-0.2, -0.15) is 0 Å². The van der Waals surface area contributed by atoms with Crippen molar-refractivity contribution in [2.45, 2.75) is 45.2 Å². The Labute approximate surface area is 242 Å². The number of fused-ring (bicyclic) bond motifs is 1. The molecule has 1 N–H and O–H groups in total. The predicted molar refractivity (Wildman–Crippen MR) is 154 cm³/mol. The quantitative estimate of drug-likeness (QED) is 0.360. The van der Waals surface area contributed by atoms with Crippen LogP contribution in [-0.2, 0) is 20.9 Å². The molecular formula is C29H29Cl3FN3O3. The molecule has 2 heterocycles. The molecule has 1 saturated carbocycles. The summed E-state index contributed by atoms with van der Waals surface area (Å²) in [7, 11) is 0. The van der Waals surface area contributed by atoms with Gasteiger partial charge in [0.2, 0.25) is 0 Å². The SMILES string of the molecule is C=C1C(C(=O)NCc2ccc(Cl)cc2Cl)=CN(C2CC2)c2c1cc(F)c(N1CCC(C(=O)OCC)CC1)c2Cl. The summed E-state index contributed by atoms with van der Waals surface area (Å²) < 4.78 is 20.8. The number of hydrogen-bond donors (Lipinski definition) is 1. The fraction of sp³-hybridized carbons (Fsp3) is 0.379. The number of nitrogens with zero attached hydrogens (tertiary/aromatic N) is 2. The number of nitrogens with one attached hydrogen (secondary N) is 1. The number of ether oxygens (including phenoxy) is 1. The molecule has 0 unspecified atom stereocenters. The van der Waals surface area contributed by atoms with Gasteiger partial charge in [0.15, 0.2) is 0 Å². The first-order valence-electron chi connectivity index (χ1n) is 13.0. The molecule has 10 heteroatoms. The first-order chi connectivity index (χ1) is 18.7. The number of halogens is 4. The van der Waals surface area contributed by atoms with Crippen LogP contribution in [0, 0.1) is 11.7 Å². The van der Waals surface area contributed by atoms with E-state index in [-0.39, 0.29) is 35.4 Å². The average Bonchev–Trinajstić information content (AvgIpc) is 3.75. The number of piperidine rings is 1. The van der Waals surface area contributed by atoms with Crippen molar-refractivity contribution in [3.8, 4) is 0 Å². The normalized spacial score (nSPS) is 17.6. The highest BCUT2D eigenvalue weighted by molar-refractivity contribution is 6.37. The smallest absolute Gasteiger partial charge is 0.309 e. The Morgan fingerprint density at radius 2 is 1.82 bits per heavy atom. The summed E-state index contributed by atoms with van der Waals surface area (Å²) in [4.78, 5) is 29.3. The molecule has 0 spiro atoms. The second kappa shape index (κ2) is 11.4. The second-order valence-corrected chi connectivity index (χ2v) is 11.2. The fourth-order valence-electron chi connectivity index (χ4n) is 5.17. The summed E-state index contributed by atoms with van der Waals surface area (Å²) in [5, 5.41) is 4.14. The summed E-state index contributed by atoms with van der Waals surface area (Å²) in [6.45, 7) is 7.44. The van der Waals surface area contributed by atoms with Gasteiger partial charge in [-0.3, -0.25) is 9.59 Å². The average molecular weight is 593 g/mol. The van der Waals surface area contributed by atoms with Crippen LogP contribution in [0.4, 0.5) is 15.8 Å². The Bertz CT molecular complexity index is 1370. The Morgan fingerprint density at radius 1 is 1.10 bits per heavy atom. The molecule has 3 aliphatic rings. The maximum absolute atomic E-state index is 15.7. The van der Waals surface area contributed by atoms with E-state index in [1.165, 1.54) is 6.07 Å². The fourth-order valence-corrected chi connectivity index (χ4v) is 6.05. The summed E-state index contributed by atoms with van der Waals surface area (Å²) >= 11 is 19.2. The minimum absolute atomic E-state index is 0.163. The number of anilines is 2. The summed E-state index contributed by atoms with van der Waals surface area (Å²) in [6, 6.07) is 6.67. The molecule has 2 fully saturated rings. The van der Waals surface area contributed by atoms with Crippen LogP contribution in [0.1, 0.15) is 43.7 Å². The predicted octanol–water partition coefficient (Wildman–Crippen LogP) is 6.76. The van der Waals surface area contributed by atoms with Gasteiger partial charge in [0, 0.05) is 47.5 Å². The highest BCUT2D eigenvalue weighted by atomic mass is 35.5. The van der Waals surface area contributed by atoms with Crippen molar-refractivity contribution in [2.75, 3.05) is 29.5 Å². The van der Waals surface area contributed by atoms with E-state index in [2.05, 4.69) is 11.9 Å². The molecule has 1 aliphatic carbocycles. The van der Waals surface area contributed by atoms with E-state index in [1.54, 1.807) is 31.3 Å². The molecule has 0 atom stereocenters. The van der Waals surface area contributed by atoms with Crippen molar-refractivity contribution in [2.24, 2.45) is 5.92 Å². The first-order valence-corrected chi connectivity index (χ1v) is 14.2. The van der Waals surface area contributed by atoms with Crippen LogP contribution >= 0.6 is 34.8 Å². The molecule has 0 aromatic heterocycles. The van der Waals surface area contributed by atoms with Crippen LogP contribution in [0.25, 0.3) is 5.57 Å². The third kappa shape index (κ3) is 5.63. The van der Waals surface area contributed by atoms with E-state index in [0.29, 0.717) is 70.7 Å². The topological polar surface area (TPSA) is 61.9 Å². The Kier molecular flexibility index (Phi) is 8.13. The largest absolute Gasteiger partial charge is 0.466 e. The zero-order chi connectivity index (χ0) is 27.8. The van der Waals surface area contributed by atoms with Gasteiger partial charge >= 0.3 is 5.97 Å². The third-order valence-electron chi connectivity index (χ3n) is 7.42. The van der Waals surface area contributed by atoms with Crippen molar-refractivity contribution < 1.29 is 18.7 Å². The van der Waals surface area contributed by atoms with E-state index < -0.39 is 5.82 Å². The van der Waals surface area contributed by atoms with Crippen LogP contribution in [-0.4, -0.2) is 37.6 Å². The van der Waals surface area contributed by atoms with Crippen molar-refractivity contribution in [3.05, 3.63) is 74.6 Å². The lowest BCUT2D eigenvalue weighted by Gasteiger charge is -2.37. The molecule has 0 radical (unpaired) electrons. The zero-order valence-corrected chi connectivity index (χ0v) is 23.8. The summed E-state index contributed by atoms with van der Waals surface area (Å²) in [6.07, 6.45) is 4.76. The lowest BCUT2D eigenvalue weighted by molar-refractivity contribution is -0.148. The summed E-state index contributed by atoms with van der Waals surface area (Å²) in [5.74, 6) is -1.24. The van der Waals surface area contributed by atoms with Crippen molar-refractivity contribution in [1.29, 1.82) is 0 Å². The zero-order valence-electron chi connectivity index (χ0n) is 21.5. The first kappa shape index (κ1) is 27.8. The highest BCUT2D eigenvalue weighted by Gasteiger charge is 2.38. The van der Waals surface area contributed by atoms with E-state index in [9.17, 15) is 9.59 Å². The molecule has 6 nitrogen and oxygen atoms in total. The van der Waals surface area contributed by atoms with E-state index in [0.717, 1.165) is 18.4 Å². The van der Waals surface area contributed by atoms with E-state index >= 15 is 4.39 Å². The van der Waals surface area contributed by atoms with Crippen molar-refractivity contribution in [1.82, 2.24) is 5.32 Å². The molecule has 2 aromatic rings. The standard InChI is InChI=1S/C29H29Cl3FN3O3/c1-3-39-29(38)17-8-10-35(11-9-17)27-24(33)13-21-16(2)22(15-36(20-6-7-20)26(21)25(27)32)28(37)34-14-18-4-5-19(30)12-23(18)31/h4-5,12-13,15,17,20H,2-3,6-11,14H2,1H3,(H,34,37). The van der Waals surface area contributed by atoms with Crippen LogP contribution in [0.5, 0.6) is 0 Å². The monoisotopic (exact) mass is 591 g/mol. The number of esters is 1. The molecule has 0 bridgehead atoms. The molecule has 206 valence electrons. The molecule has 1 amide bonds. The van der Waals surface area contributed by atoms with Crippen molar-refractivity contribution >= 4 is 63.6 Å². The minimum Gasteiger partial charge on any atom is -0.466 e. The maximum atomic E-state index is 15.7. The van der Waals surface area contributed by atoms with Gasteiger partial charge < -0.3 is 19.9 Å². The van der Waals surface area contributed by atoms with Crippen molar-refractivity contribution in [3.63, 3.8) is 0 Å². The summed E-state index contributed by atoms with van der Waals surface area (Å²) in [5.41, 5.74) is 2.93. The van der Waals surface area contributed by atoms with Gasteiger partial charge in [-0.05, 0) is 61.9 Å². The molecule has 1 saturated heterocycles. The maximum Gasteiger partial charge on any atom is 0.309 e. The van der Waals surface area contributed by atoms with Crippen LogP contribution in [0.2, 0.25) is 15.1 Å². The highest BCUT2D eigenvalue weighted by Crippen LogP contribution is 2.50. The van der Waals surface area contributed by atoms with Gasteiger partial charge in [-0.1, -0.05) is 47.4 Å². The van der Waals surface area contributed by atoms with Crippen LogP contribution < -0.4 is 15.1 Å². The Morgan fingerprint density at radius 3 is 2.46 bits per heavy atom. The van der Waals surface area contributed by atoms with Gasteiger partial charge in [0.25, 0.3) is 5.91 Å². The molecule has 2 aromatic carbocycles. The Hall–Kier alpha value is -2.74. The number of amides is 1. The Balaban J connectivity index is 1.40. The second-order valence-electron chi connectivity index (χ2n) is 10.0. The molecule has 39 heavy (non-hydrogen) atoms. The molecular weight excluding hydrogens is 564 g/mol. The number of benzene rings is 2. The molecule has 5 rings (SSSR count). The lowest BCUT2D eigenvalue weighted by Crippen LogP contribution is -2.38. The number of hydrogen-bond acceptors (Lipinski definition) is 5. The van der Waals surface area contributed by atoms with E-state index in [1.807, 2.05) is 9.80 Å². The number of carbonyl (C=O) groups excluding carboxylic acids is 2.